The predicted octanol–water partition coefficient (Wildman–Crippen LogP) is 3.32. The molecular weight excluding hydrogens is 356 g/mol. The zero-order valence-corrected chi connectivity index (χ0v) is 16.5. The first-order valence-corrected chi connectivity index (χ1v) is 9.18. The van der Waals surface area contributed by atoms with Crippen LogP contribution in [0, 0.1) is 0 Å². The maximum atomic E-state index is 12.2. The smallest absolute Gasteiger partial charge is 0.226 e. The molecule has 0 fully saturated rings. The number of carbonyl (C=O) groups excluding carboxylic acids is 3. The number of nitrogens with one attached hydrogen (secondary N) is 1. The van der Waals surface area contributed by atoms with Crippen LogP contribution in [0.25, 0.3) is 0 Å². The molecule has 0 aromatic heterocycles. The number of methoxy groups -OCH3 is 1. The topological polar surface area (TPSA) is 75.7 Å². The van der Waals surface area contributed by atoms with Crippen molar-refractivity contribution >= 4 is 23.3 Å². The molecule has 0 aliphatic heterocycles. The van der Waals surface area contributed by atoms with Crippen LogP contribution in [0.4, 0.5) is 5.69 Å². The van der Waals surface area contributed by atoms with Crippen LogP contribution >= 0.6 is 0 Å². The standard InChI is InChI=1S/C22H26N2O4/c1-16(25)19-7-9-20(10-8-19)23-22(27)12-14-24(17(2)26)13-11-18-5-4-6-21(15-18)28-3/h4-10,15H,11-14H2,1-3H3,(H,23,27). The third-order valence-electron chi connectivity index (χ3n) is 4.43. The third kappa shape index (κ3) is 6.54. The van der Waals surface area contributed by atoms with E-state index in [4.69, 9.17) is 4.74 Å². The lowest BCUT2D eigenvalue weighted by molar-refractivity contribution is -0.129. The van der Waals surface area contributed by atoms with Gasteiger partial charge in [0.15, 0.2) is 5.78 Å². The average molecular weight is 382 g/mol. The Morgan fingerprint density at radius 1 is 1.00 bits per heavy atom. The fourth-order valence-corrected chi connectivity index (χ4v) is 2.77. The highest BCUT2D eigenvalue weighted by Crippen LogP contribution is 2.14. The average Bonchev–Trinajstić information content (AvgIpc) is 2.68. The van der Waals surface area contributed by atoms with Crippen LogP contribution in [0.1, 0.15) is 36.2 Å². The van der Waals surface area contributed by atoms with E-state index >= 15 is 0 Å². The van der Waals surface area contributed by atoms with Crippen molar-refractivity contribution in [2.45, 2.75) is 26.7 Å². The fraction of sp³-hybridized carbons (Fsp3) is 0.318. The molecular formula is C22H26N2O4. The summed E-state index contributed by atoms with van der Waals surface area (Å²) in [6.45, 7) is 3.87. The van der Waals surface area contributed by atoms with Gasteiger partial charge in [-0.1, -0.05) is 12.1 Å². The molecule has 0 heterocycles. The molecule has 0 aliphatic rings. The Morgan fingerprint density at radius 3 is 2.32 bits per heavy atom. The van der Waals surface area contributed by atoms with Gasteiger partial charge in [-0.3, -0.25) is 14.4 Å². The Kier molecular flexibility index (Phi) is 7.75. The lowest BCUT2D eigenvalue weighted by Gasteiger charge is -2.21. The molecule has 2 rings (SSSR count). The number of amides is 2. The van der Waals surface area contributed by atoms with E-state index in [1.807, 2.05) is 24.3 Å². The zero-order chi connectivity index (χ0) is 20.5. The molecule has 6 heteroatoms. The monoisotopic (exact) mass is 382 g/mol. The van der Waals surface area contributed by atoms with Crippen LogP contribution in [0.5, 0.6) is 5.75 Å². The van der Waals surface area contributed by atoms with Crippen molar-refractivity contribution in [3.05, 3.63) is 59.7 Å². The number of carbonyl (C=O) groups is 3. The number of hydrogen-bond donors (Lipinski definition) is 1. The van der Waals surface area contributed by atoms with E-state index in [1.165, 1.54) is 13.8 Å². The van der Waals surface area contributed by atoms with Crippen LogP contribution in [0.15, 0.2) is 48.5 Å². The van der Waals surface area contributed by atoms with Gasteiger partial charge < -0.3 is 15.0 Å². The molecule has 1 N–H and O–H groups in total. The second-order valence-corrected chi connectivity index (χ2v) is 6.54. The van der Waals surface area contributed by atoms with Gasteiger partial charge in [0.05, 0.1) is 7.11 Å². The van der Waals surface area contributed by atoms with Crippen molar-refractivity contribution in [1.29, 1.82) is 0 Å². The number of rotatable bonds is 9. The van der Waals surface area contributed by atoms with E-state index in [-0.39, 0.29) is 24.0 Å². The van der Waals surface area contributed by atoms with E-state index in [2.05, 4.69) is 5.32 Å². The number of ketones is 1. The highest BCUT2D eigenvalue weighted by molar-refractivity contribution is 5.95. The van der Waals surface area contributed by atoms with E-state index in [1.54, 1.807) is 36.3 Å². The van der Waals surface area contributed by atoms with Gasteiger partial charge in [-0.05, 0) is 55.3 Å². The maximum Gasteiger partial charge on any atom is 0.226 e. The van der Waals surface area contributed by atoms with Crippen LogP contribution in [-0.2, 0) is 16.0 Å². The SMILES string of the molecule is COc1cccc(CCN(CCC(=O)Nc2ccc(C(C)=O)cc2)C(C)=O)c1. The Hall–Kier alpha value is -3.15. The predicted molar refractivity (Wildman–Crippen MR) is 109 cm³/mol. The van der Waals surface area contributed by atoms with Gasteiger partial charge in [0.25, 0.3) is 0 Å². The van der Waals surface area contributed by atoms with Gasteiger partial charge in [0.2, 0.25) is 11.8 Å². The lowest BCUT2D eigenvalue weighted by Crippen LogP contribution is -2.33. The summed E-state index contributed by atoms with van der Waals surface area (Å²) in [5.41, 5.74) is 2.29. The number of Topliss-reactive ketones (excluding diaryl/α,β-unsaturated/α-hetero) is 1. The minimum atomic E-state index is -0.178. The number of nitrogens with zero attached hydrogens (tertiary/aromatic N) is 1. The minimum Gasteiger partial charge on any atom is -0.497 e. The van der Waals surface area contributed by atoms with Crippen molar-refractivity contribution in [3.8, 4) is 5.75 Å². The molecule has 0 spiro atoms. The molecule has 0 radical (unpaired) electrons. The van der Waals surface area contributed by atoms with E-state index < -0.39 is 0 Å². The summed E-state index contributed by atoms with van der Waals surface area (Å²) < 4.78 is 5.21. The summed E-state index contributed by atoms with van der Waals surface area (Å²) in [5, 5.41) is 2.79. The highest BCUT2D eigenvalue weighted by atomic mass is 16.5. The molecule has 0 atom stereocenters. The van der Waals surface area contributed by atoms with Crippen LogP contribution in [0.3, 0.4) is 0 Å². The van der Waals surface area contributed by atoms with Crippen LogP contribution < -0.4 is 10.1 Å². The van der Waals surface area contributed by atoms with Gasteiger partial charge in [0, 0.05) is 37.7 Å². The molecule has 0 saturated heterocycles. The Bertz CT molecular complexity index is 831. The highest BCUT2D eigenvalue weighted by Gasteiger charge is 2.12. The van der Waals surface area contributed by atoms with E-state index in [0.29, 0.717) is 30.8 Å². The first kappa shape index (κ1) is 21.2. The second kappa shape index (κ2) is 10.3. The number of ether oxygens (including phenoxy) is 1. The van der Waals surface area contributed by atoms with Crippen molar-refractivity contribution in [2.75, 3.05) is 25.5 Å². The van der Waals surface area contributed by atoms with Gasteiger partial charge in [0.1, 0.15) is 5.75 Å². The molecule has 0 unspecified atom stereocenters. The zero-order valence-electron chi connectivity index (χ0n) is 16.5. The molecule has 0 aliphatic carbocycles. The largest absolute Gasteiger partial charge is 0.497 e. The summed E-state index contributed by atoms with van der Waals surface area (Å²) >= 11 is 0. The molecule has 6 nitrogen and oxygen atoms in total. The van der Waals surface area contributed by atoms with Gasteiger partial charge in [-0.25, -0.2) is 0 Å². The number of anilines is 1. The summed E-state index contributed by atoms with van der Waals surface area (Å²) in [5.74, 6) is 0.512. The quantitative estimate of drug-likeness (QED) is 0.675. The minimum absolute atomic E-state index is 0.0222. The second-order valence-electron chi connectivity index (χ2n) is 6.54. The summed E-state index contributed by atoms with van der Waals surface area (Å²) in [4.78, 5) is 37.0. The molecule has 2 aromatic carbocycles. The molecule has 2 amide bonds. The van der Waals surface area contributed by atoms with Gasteiger partial charge in [-0.15, -0.1) is 0 Å². The van der Waals surface area contributed by atoms with Crippen molar-refractivity contribution in [2.24, 2.45) is 0 Å². The first-order chi connectivity index (χ1) is 13.4. The Balaban J connectivity index is 1.85. The third-order valence-corrected chi connectivity index (χ3v) is 4.43. The van der Waals surface area contributed by atoms with E-state index in [9.17, 15) is 14.4 Å². The summed E-state index contributed by atoms with van der Waals surface area (Å²) in [7, 11) is 1.62. The first-order valence-electron chi connectivity index (χ1n) is 9.18. The van der Waals surface area contributed by atoms with Gasteiger partial charge in [-0.2, -0.15) is 0 Å². The van der Waals surface area contributed by atoms with Crippen molar-refractivity contribution in [3.63, 3.8) is 0 Å². The van der Waals surface area contributed by atoms with Crippen LogP contribution in [0.2, 0.25) is 0 Å². The normalized spacial score (nSPS) is 10.2. The molecule has 0 bridgehead atoms. The Labute approximate surface area is 165 Å². The van der Waals surface area contributed by atoms with Crippen molar-refractivity contribution < 1.29 is 19.1 Å². The number of benzene rings is 2. The molecule has 148 valence electrons. The maximum absolute atomic E-state index is 12.2. The summed E-state index contributed by atoms with van der Waals surface area (Å²) in [6.07, 6.45) is 0.886. The fourth-order valence-electron chi connectivity index (χ4n) is 2.77. The van der Waals surface area contributed by atoms with E-state index in [0.717, 1.165) is 11.3 Å². The van der Waals surface area contributed by atoms with Crippen LogP contribution in [-0.4, -0.2) is 42.7 Å². The Morgan fingerprint density at radius 2 is 1.71 bits per heavy atom. The summed E-state index contributed by atoms with van der Waals surface area (Å²) in [6, 6.07) is 14.5. The van der Waals surface area contributed by atoms with Gasteiger partial charge >= 0.3 is 0 Å². The molecule has 2 aromatic rings. The molecule has 28 heavy (non-hydrogen) atoms. The lowest BCUT2D eigenvalue weighted by atomic mass is 10.1. The molecule has 0 saturated carbocycles. The number of hydrogen-bond acceptors (Lipinski definition) is 4. The van der Waals surface area contributed by atoms with Crippen molar-refractivity contribution in [1.82, 2.24) is 4.90 Å².